The summed E-state index contributed by atoms with van der Waals surface area (Å²) < 4.78 is 5.97. The Morgan fingerprint density at radius 3 is 2.61 bits per heavy atom. The van der Waals surface area contributed by atoms with Crippen LogP contribution in [0.25, 0.3) is 0 Å². The lowest BCUT2D eigenvalue weighted by atomic mass is 9.81. The summed E-state index contributed by atoms with van der Waals surface area (Å²) >= 11 is 0. The summed E-state index contributed by atoms with van der Waals surface area (Å²) in [7, 11) is 0. The topological polar surface area (TPSA) is 38.8 Å². The van der Waals surface area contributed by atoms with Crippen LogP contribution in [0.5, 0.6) is 5.75 Å². The molecule has 4 nitrogen and oxygen atoms in total. The lowest BCUT2D eigenvalue weighted by Gasteiger charge is -2.33. The summed E-state index contributed by atoms with van der Waals surface area (Å²) in [6, 6.07) is 7.98. The van der Waals surface area contributed by atoms with Gasteiger partial charge in [0.2, 0.25) is 5.91 Å². The maximum absolute atomic E-state index is 13.4. The molecule has 28 heavy (non-hydrogen) atoms. The van der Waals surface area contributed by atoms with Gasteiger partial charge in [-0.15, -0.1) is 0 Å². The fraction of sp³-hybridized carbons (Fsp3) is 0.708. The summed E-state index contributed by atoms with van der Waals surface area (Å²) in [5.41, 5.74) is 0.643. The number of para-hydroxylation sites is 1. The van der Waals surface area contributed by atoms with E-state index in [1.165, 1.54) is 19.3 Å². The zero-order valence-electron chi connectivity index (χ0n) is 18.4. The van der Waals surface area contributed by atoms with Gasteiger partial charge in [0, 0.05) is 11.5 Å². The van der Waals surface area contributed by atoms with Crippen LogP contribution in [0.15, 0.2) is 24.3 Å². The van der Waals surface area contributed by atoms with Crippen molar-refractivity contribution in [1.29, 1.82) is 0 Å². The summed E-state index contributed by atoms with van der Waals surface area (Å²) in [6.07, 6.45) is 4.57. The Morgan fingerprint density at radius 1 is 1.18 bits per heavy atom. The molecule has 4 heteroatoms. The molecule has 156 valence electrons. The third-order valence-corrected chi connectivity index (χ3v) is 6.50. The molecule has 0 spiro atoms. The first-order valence-corrected chi connectivity index (χ1v) is 11.0. The fourth-order valence-corrected chi connectivity index (χ4v) is 5.09. The molecule has 0 radical (unpaired) electrons. The highest BCUT2D eigenvalue weighted by molar-refractivity contribution is 5.78. The van der Waals surface area contributed by atoms with Crippen molar-refractivity contribution in [3.63, 3.8) is 0 Å². The standard InChI is InChI=1S/C24H37NO3/c1-7-10-16(2)13-17(3)14-18(4)23(26)25-22-19-11-8-9-12-21(19)27-15-20(22)24(5,6)28-25/h8-9,11-12,16-18,20,22H,7,10,13-15H2,1-6H3/t16-,17-,18-,20+,22-/m0/s1. The third kappa shape index (κ3) is 4.22. The Bertz CT molecular complexity index is 686. The lowest BCUT2D eigenvalue weighted by Crippen LogP contribution is -2.38. The number of rotatable bonds is 7. The van der Waals surface area contributed by atoms with Gasteiger partial charge < -0.3 is 4.74 Å². The van der Waals surface area contributed by atoms with Gasteiger partial charge in [0.05, 0.1) is 24.2 Å². The average Bonchev–Trinajstić information content (AvgIpc) is 2.92. The number of hydrogen-bond donors (Lipinski definition) is 0. The van der Waals surface area contributed by atoms with Crippen molar-refractivity contribution < 1.29 is 14.4 Å². The van der Waals surface area contributed by atoms with Crippen LogP contribution < -0.4 is 4.74 Å². The molecule has 0 aliphatic carbocycles. The van der Waals surface area contributed by atoms with E-state index in [4.69, 9.17) is 9.57 Å². The van der Waals surface area contributed by atoms with Crippen molar-refractivity contribution in [2.45, 2.75) is 78.9 Å². The van der Waals surface area contributed by atoms with Gasteiger partial charge in [-0.25, -0.2) is 5.06 Å². The SMILES string of the molecule is CCC[C@H](C)C[C@H](C)C[C@H](C)C(=O)N1OC(C)(C)[C@@H]2COc3ccccc3[C@@H]21. The average molecular weight is 388 g/mol. The van der Waals surface area contributed by atoms with E-state index in [0.29, 0.717) is 12.5 Å². The number of hydroxylamine groups is 2. The van der Waals surface area contributed by atoms with Crippen LogP contribution in [0.4, 0.5) is 0 Å². The molecule has 3 rings (SSSR count). The van der Waals surface area contributed by atoms with Gasteiger partial charge in [-0.05, 0) is 44.6 Å². The largest absolute Gasteiger partial charge is 0.493 e. The highest BCUT2D eigenvalue weighted by Gasteiger charge is 2.54. The number of carbonyl (C=O) groups excluding carboxylic acids is 1. The minimum atomic E-state index is -0.422. The number of hydrogen-bond acceptors (Lipinski definition) is 3. The minimum absolute atomic E-state index is 0.0478. The molecule has 0 unspecified atom stereocenters. The fourth-order valence-electron chi connectivity index (χ4n) is 5.09. The quantitative estimate of drug-likeness (QED) is 0.595. The molecule has 0 aromatic heterocycles. The molecule has 2 aliphatic heterocycles. The molecule has 0 bridgehead atoms. The Kier molecular flexibility index (Phi) is 6.38. The Labute approximate surface area is 170 Å². The molecule has 2 heterocycles. The van der Waals surface area contributed by atoms with Crippen molar-refractivity contribution in [2.75, 3.05) is 6.61 Å². The number of benzene rings is 1. The van der Waals surface area contributed by atoms with Crippen LogP contribution in [0.3, 0.4) is 0 Å². The highest BCUT2D eigenvalue weighted by Crippen LogP contribution is 2.51. The van der Waals surface area contributed by atoms with E-state index in [9.17, 15) is 4.79 Å². The molecule has 1 aromatic carbocycles. The van der Waals surface area contributed by atoms with Crippen LogP contribution >= 0.6 is 0 Å². The van der Waals surface area contributed by atoms with Gasteiger partial charge in [-0.3, -0.25) is 9.63 Å². The van der Waals surface area contributed by atoms with Crippen LogP contribution in [0.2, 0.25) is 0 Å². The zero-order valence-corrected chi connectivity index (χ0v) is 18.4. The Morgan fingerprint density at radius 2 is 1.89 bits per heavy atom. The van der Waals surface area contributed by atoms with Gasteiger partial charge >= 0.3 is 0 Å². The van der Waals surface area contributed by atoms with Crippen molar-refractivity contribution in [3.8, 4) is 5.75 Å². The summed E-state index contributed by atoms with van der Waals surface area (Å²) in [6.45, 7) is 13.6. The van der Waals surface area contributed by atoms with Gasteiger partial charge in [0.1, 0.15) is 5.75 Å². The zero-order chi connectivity index (χ0) is 20.5. The van der Waals surface area contributed by atoms with Crippen LogP contribution in [0, 0.1) is 23.7 Å². The molecular weight excluding hydrogens is 350 g/mol. The van der Waals surface area contributed by atoms with Gasteiger partial charge in [-0.1, -0.05) is 58.7 Å². The van der Waals surface area contributed by atoms with Crippen LogP contribution in [-0.4, -0.2) is 23.2 Å². The van der Waals surface area contributed by atoms with E-state index in [1.807, 2.05) is 18.2 Å². The maximum Gasteiger partial charge on any atom is 0.249 e. The molecule has 5 atom stereocenters. The number of nitrogens with zero attached hydrogens (tertiary/aromatic N) is 1. The second-order valence-corrected chi connectivity index (χ2v) is 9.63. The first-order valence-electron chi connectivity index (χ1n) is 11.0. The molecule has 1 aromatic rings. The number of fused-ring (bicyclic) bond motifs is 3. The second kappa shape index (κ2) is 8.44. The Hall–Kier alpha value is -1.55. The van der Waals surface area contributed by atoms with Gasteiger partial charge in [0.15, 0.2) is 0 Å². The van der Waals surface area contributed by atoms with Crippen LogP contribution in [-0.2, 0) is 9.63 Å². The predicted molar refractivity (Wildman–Crippen MR) is 112 cm³/mol. The van der Waals surface area contributed by atoms with E-state index in [2.05, 4.69) is 47.6 Å². The molecule has 0 N–H and O–H groups in total. The molecule has 2 aliphatic rings. The Balaban J connectivity index is 1.74. The van der Waals surface area contributed by atoms with E-state index < -0.39 is 5.60 Å². The van der Waals surface area contributed by atoms with E-state index in [1.54, 1.807) is 5.06 Å². The molecule has 1 saturated heterocycles. The van der Waals surface area contributed by atoms with Crippen LogP contribution in [0.1, 0.15) is 78.8 Å². The molecule has 0 saturated carbocycles. The molecule has 1 amide bonds. The number of carbonyl (C=O) groups is 1. The van der Waals surface area contributed by atoms with Crippen molar-refractivity contribution in [3.05, 3.63) is 29.8 Å². The minimum Gasteiger partial charge on any atom is -0.493 e. The maximum atomic E-state index is 13.4. The predicted octanol–water partition coefficient (Wildman–Crippen LogP) is 5.78. The van der Waals surface area contributed by atoms with E-state index in [0.717, 1.165) is 23.7 Å². The monoisotopic (exact) mass is 387 g/mol. The number of ether oxygens (including phenoxy) is 1. The van der Waals surface area contributed by atoms with E-state index >= 15 is 0 Å². The number of amides is 1. The second-order valence-electron chi connectivity index (χ2n) is 9.63. The van der Waals surface area contributed by atoms with Gasteiger partial charge in [-0.2, -0.15) is 0 Å². The molecule has 1 fully saturated rings. The first kappa shape index (κ1) is 21.2. The third-order valence-electron chi connectivity index (χ3n) is 6.50. The van der Waals surface area contributed by atoms with E-state index in [-0.39, 0.29) is 23.8 Å². The summed E-state index contributed by atoms with van der Waals surface area (Å²) in [5.74, 6) is 2.32. The highest BCUT2D eigenvalue weighted by atomic mass is 16.7. The summed E-state index contributed by atoms with van der Waals surface area (Å²) in [5, 5.41) is 1.68. The summed E-state index contributed by atoms with van der Waals surface area (Å²) in [4.78, 5) is 19.6. The normalized spacial score (nSPS) is 26.0. The first-order chi connectivity index (χ1) is 13.2. The molecular formula is C24H37NO3. The lowest BCUT2D eigenvalue weighted by molar-refractivity contribution is -0.209. The van der Waals surface area contributed by atoms with Crippen molar-refractivity contribution >= 4 is 5.91 Å². The van der Waals surface area contributed by atoms with Gasteiger partial charge in [0.25, 0.3) is 0 Å². The smallest absolute Gasteiger partial charge is 0.249 e. The van der Waals surface area contributed by atoms with Crippen molar-refractivity contribution in [1.82, 2.24) is 5.06 Å². The van der Waals surface area contributed by atoms with Crippen molar-refractivity contribution in [2.24, 2.45) is 23.7 Å².